The average molecular weight is 220 g/mol. The summed E-state index contributed by atoms with van der Waals surface area (Å²) >= 11 is 0. The first-order valence-electron chi connectivity index (χ1n) is 6.59. The maximum atomic E-state index is 10.3. The molecule has 0 heterocycles. The van der Waals surface area contributed by atoms with Crippen molar-refractivity contribution in [2.75, 3.05) is 0 Å². The molecule has 0 aromatic carbocycles. The molecule has 2 aliphatic carbocycles. The molecule has 0 fully saturated rings. The fourth-order valence-corrected chi connectivity index (χ4v) is 3.41. The van der Waals surface area contributed by atoms with Gasteiger partial charge in [-0.1, -0.05) is 38.0 Å². The van der Waals surface area contributed by atoms with Crippen LogP contribution in [0.5, 0.6) is 0 Å². The van der Waals surface area contributed by atoms with E-state index in [0.29, 0.717) is 17.8 Å². The van der Waals surface area contributed by atoms with Gasteiger partial charge in [-0.3, -0.25) is 0 Å². The van der Waals surface area contributed by atoms with E-state index in [-0.39, 0.29) is 6.10 Å². The van der Waals surface area contributed by atoms with E-state index in [1.54, 1.807) is 5.57 Å². The summed E-state index contributed by atoms with van der Waals surface area (Å²) in [5, 5.41) is 10.3. The van der Waals surface area contributed by atoms with Gasteiger partial charge in [0, 0.05) is 5.92 Å². The molecule has 0 amide bonds. The van der Waals surface area contributed by atoms with E-state index in [4.69, 9.17) is 0 Å². The third kappa shape index (κ3) is 1.98. The molecular formula is C15H24O. The second kappa shape index (κ2) is 4.37. The minimum absolute atomic E-state index is 0.149. The van der Waals surface area contributed by atoms with Crippen molar-refractivity contribution in [1.82, 2.24) is 0 Å². The van der Waals surface area contributed by atoms with Gasteiger partial charge in [0.2, 0.25) is 0 Å². The molecule has 0 aromatic heterocycles. The van der Waals surface area contributed by atoms with Crippen LogP contribution in [0.25, 0.3) is 0 Å². The van der Waals surface area contributed by atoms with Crippen LogP contribution >= 0.6 is 0 Å². The van der Waals surface area contributed by atoms with E-state index < -0.39 is 0 Å². The van der Waals surface area contributed by atoms with Crippen LogP contribution in [0.1, 0.15) is 47.0 Å². The first-order valence-corrected chi connectivity index (χ1v) is 6.59. The molecule has 0 unspecified atom stereocenters. The lowest BCUT2D eigenvalue weighted by Gasteiger charge is -2.40. The first kappa shape index (κ1) is 11.9. The van der Waals surface area contributed by atoms with Gasteiger partial charge in [0.15, 0.2) is 0 Å². The summed E-state index contributed by atoms with van der Waals surface area (Å²) in [6.45, 7) is 8.99. The Morgan fingerprint density at radius 2 is 2.06 bits per heavy atom. The highest BCUT2D eigenvalue weighted by Gasteiger charge is 2.35. The van der Waals surface area contributed by atoms with Crippen LogP contribution in [0.3, 0.4) is 0 Å². The number of aliphatic hydroxyl groups excluding tert-OH is 1. The van der Waals surface area contributed by atoms with Crippen LogP contribution < -0.4 is 0 Å². The smallest absolute Gasteiger partial charge is 0.0648 e. The molecule has 2 aliphatic rings. The summed E-state index contributed by atoms with van der Waals surface area (Å²) in [6.07, 6.45) is 5.53. The van der Waals surface area contributed by atoms with Crippen molar-refractivity contribution in [3.8, 4) is 0 Å². The van der Waals surface area contributed by atoms with Crippen LogP contribution in [0.4, 0.5) is 0 Å². The highest BCUT2D eigenvalue weighted by Crippen LogP contribution is 2.44. The van der Waals surface area contributed by atoms with Gasteiger partial charge in [0.1, 0.15) is 0 Å². The number of allylic oxidation sites excluding steroid dienone is 2. The minimum atomic E-state index is -0.149. The zero-order valence-electron chi connectivity index (χ0n) is 11.0. The van der Waals surface area contributed by atoms with Crippen molar-refractivity contribution < 1.29 is 5.11 Å². The van der Waals surface area contributed by atoms with Crippen LogP contribution in [-0.2, 0) is 0 Å². The zero-order valence-corrected chi connectivity index (χ0v) is 11.0. The molecule has 1 N–H and O–H groups in total. The van der Waals surface area contributed by atoms with Crippen molar-refractivity contribution in [1.29, 1.82) is 0 Å². The van der Waals surface area contributed by atoms with E-state index >= 15 is 0 Å². The Labute approximate surface area is 99.3 Å². The van der Waals surface area contributed by atoms with E-state index in [0.717, 1.165) is 6.42 Å². The second-order valence-electron chi connectivity index (χ2n) is 5.94. The lowest BCUT2D eigenvalue weighted by Crippen LogP contribution is -2.34. The predicted octanol–water partition coefficient (Wildman–Crippen LogP) is 3.70. The van der Waals surface area contributed by atoms with Crippen LogP contribution in [0, 0.1) is 17.8 Å². The Kier molecular flexibility index (Phi) is 3.25. The Morgan fingerprint density at radius 3 is 2.69 bits per heavy atom. The number of rotatable bonds is 1. The second-order valence-corrected chi connectivity index (χ2v) is 5.94. The lowest BCUT2D eigenvalue weighted by atomic mass is 9.67. The molecule has 1 nitrogen and oxygen atoms in total. The molecule has 3 atom stereocenters. The summed E-state index contributed by atoms with van der Waals surface area (Å²) in [4.78, 5) is 0. The van der Waals surface area contributed by atoms with Gasteiger partial charge in [-0.25, -0.2) is 0 Å². The van der Waals surface area contributed by atoms with E-state index in [9.17, 15) is 5.11 Å². The Bertz CT molecular complexity index is 335. The van der Waals surface area contributed by atoms with Gasteiger partial charge in [0.05, 0.1) is 6.10 Å². The molecule has 0 bridgehead atoms. The van der Waals surface area contributed by atoms with Gasteiger partial charge < -0.3 is 5.11 Å². The van der Waals surface area contributed by atoms with E-state index in [2.05, 4.69) is 33.8 Å². The van der Waals surface area contributed by atoms with Gasteiger partial charge in [-0.15, -0.1) is 0 Å². The summed E-state index contributed by atoms with van der Waals surface area (Å²) < 4.78 is 0. The quantitative estimate of drug-likeness (QED) is 0.714. The molecule has 2 rings (SSSR count). The van der Waals surface area contributed by atoms with Gasteiger partial charge in [0.25, 0.3) is 0 Å². The topological polar surface area (TPSA) is 20.2 Å². The zero-order chi connectivity index (χ0) is 11.9. The molecule has 16 heavy (non-hydrogen) atoms. The monoisotopic (exact) mass is 220 g/mol. The maximum Gasteiger partial charge on any atom is 0.0648 e. The van der Waals surface area contributed by atoms with Crippen molar-refractivity contribution in [2.24, 2.45) is 17.8 Å². The third-order valence-electron chi connectivity index (χ3n) is 4.26. The predicted molar refractivity (Wildman–Crippen MR) is 68.1 cm³/mol. The number of hydrogen-bond donors (Lipinski definition) is 1. The Balaban J connectivity index is 2.46. The molecule has 0 spiro atoms. The summed E-state index contributed by atoms with van der Waals surface area (Å²) in [5.41, 5.74) is 4.39. The fraction of sp³-hybridized carbons (Fsp3) is 0.733. The number of aliphatic hydroxyl groups is 1. The Hall–Kier alpha value is -0.560. The maximum absolute atomic E-state index is 10.3. The van der Waals surface area contributed by atoms with Gasteiger partial charge in [-0.2, -0.15) is 0 Å². The van der Waals surface area contributed by atoms with E-state index in [1.165, 1.54) is 24.0 Å². The Morgan fingerprint density at radius 1 is 1.38 bits per heavy atom. The standard InChI is InChI=1S/C15H24O/c1-9(2)12-6-5-11(4)15-13(12)7-10(3)8-14(15)16/h7,9,11,14-16H,5-6,8H2,1-4H3/t11-,14+,15+/m1/s1. The molecule has 90 valence electrons. The molecule has 0 saturated carbocycles. The summed E-state index contributed by atoms with van der Waals surface area (Å²) in [7, 11) is 0. The normalized spacial score (nSPS) is 35.1. The summed E-state index contributed by atoms with van der Waals surface area (Å²) in [6, 6.07) is 0. The lowest BCUT2D eigenvalue weighted by molar-refractivity contribution is 0.0858. The van der Waals surface area contributed by atoms with Gasteiger partial charge in [-0.05, 0) is 43.6 Å². The molecule has 0 aliphatic heterocycles. The fourth-order valence-electron chi connectivity index (χ4n) is 3.41. The molecule has 0 saturated heterocycles. The largest absolute Gasteiger partial charge is 0.392 e. The third-order valence-corrected chi connectivity index (χ3v) is 4.26. The number of fused-ring (bicyclic) bond motifs is 1. The average Bonchev–Trinajstić information content (AvgIpc) is 2.15. The number of hydrogen-bond acceptors (Lipinski definition) is 1. The summed E-state index contributed by atoms with van der Waals surface area (Å²) in [5.74, 6) is 1.66. The first-order chi connectivity index (χ1) is 7.50. The van der Waals surface area contributed by atoms with Crippen molar-refractivity contribution in [2.45, 2.75) is 53.1 Å². The van der Waals surface area contributed by atoms with Crippen molar-refractivity contribution in [3.63, 3.8) is 0 Å². The molecular weight excluding hydrogens is 196 g/mol. The SMILES string of the molecule is CC1=CC2=C(C(C)C)CC[C@@H](C)[C@@H]2[C@@H](O)C1. The van der Waals surface area contributed by atoms with Crippen LogP contribution in [0.15, 0.2) is 22.8 Å². The van der Waals surface area contributed by atoms with Crippen molar-refractivity contribution >= 4 is 0 Å². The van der Waals surface area contributed by atoms with Gasteiger partial charge >= 0.3 is 0 Å². The van der Waals surface area contributed by atoms with E-state index in [1.807, 2.05) is 0 Å². The molecule has 0 radical (unpaired) electrons. The van der Waals surface area contributed by atoms with Crippen molar-refractivity contribution in [3.05, 3.63) is 22.8 Å². The minimum Gasteiger partial charge on any atom is -0.392 e. The molecule has 1 heteroatoms. The highest BCUT2D eigenvalue weighted by molar-refractivity contribution is 5.38. The molecule has 0 aromatic rings. The highest BCUT2D eigenvalue weighted by atomic mass is 16.3. The van der Waals surface area contributed by atoms with Crippen LogP contribution in [0.2, 0.25) is 0 Å². The van der Waals surface area contributed by atoms with Crippen LogP contribution in [-0.4, -0.2) is 11.2 Å².